The van der Waals surface area contributed by atoms with Crippen LogP contribution < -0.4 is 5.32 Å². The van der Waals surface area contributed by atoms with Crippen LogP contribution in [0.15, 0.2) is 52.5 Å². The van der Waals surface area contributed by atoms with Crippen molar-refractivity contribution < 1.29 is 19.1 Å². The molecule has 1 N–H and O–H groups in total. The molecule has 33 heavy (non-hydrogen) atoms. The predicted molar refractivity (Wildman–Crippen MR) is 121 cm³/mol. The van der Waals surface area contributed by atoms with Gasteiger partial charge < -0.3 is 9.73 Å². The van der Waals surface area contributed by atoms with Gasteiger partial charge in [-0.2, -0.15) is 5.26 Å². The molecule has 0 atom stereocenters. The van der Waals surface area contributed by atoms with Crippen molar-refractivity contribution in [2.24, 2.45) is 0 Å². The summed E-state index contributed by atoms with van der Waals surface area (Å²) in [5.41, 5.74) is 0.361. The molecule has 166 valence electrons. The van der Waals surface area contributed by atoms with Crippen LogP contribution in [0.1, 0.15) is 11.3 Å². The molecule has 0 bridgehead atoms. The SMILES string of the molecule is Cc1cc([N+](=O)[O-])ccc1-c1ccc(/C=C(\C#N)C(=O)Nc2c(Cl)cc([N+](=O)[O-])cc2Cl)o1. The van der Waals surface area contributed by atoms with E-state index >= 15 is 0 Å². The fourth-order valence-electron chi connectivity index (χ4n) is 2.87. The van der Waals surface area contributed by atoms with Crippen LogP contribution in [-0.4, -0.2) is 15.8 Å². The number of non-ortho nitro benzene ring substituents is 2. The Bertz CT molecular complexity index is 1350. The molecule has 0 saturated heterocycles. The molecule has 0 radical (unpaired) electrons. The van der Waals surface area contributed by atoms with Crippen molar-refractivity contribution in [2.75, 3.05) is 5.32 Å². The highest BCUT2D eigenvalue weighted by molar-refractivity contribution is 6.40. The third-order valence-corrected chi connectivity index (χ3v) is 5.04. The van der Waals surface area contributed by atoms with Crippen LogP contribution in [0.25, 0.3) is 17.4 Å². The van der Waals surface area contributed by atoms with Gasteiger partial charge >= 0.3 is 0 Å². The Morgan fingerprint density at radius 2 is 1.70 bits per heavy atom. The van der Waals surface area contributed by atoms with Crippen LogP contribution in [0.2, 0.25) is 10.0 Å². The molecule has 0 spiro atoms. The molecule has 2 aromatic carbocycles. The number of benzene rings is 2. The molecule has 0 unspecified atom stereocenters. The van der Waals surface area contributed by atoms with E-state index < -0.39 is 15.8 Å². The van der Waals surface area contributed by atoms with Gasteiger partial charge in [0.1, 0.15) is 23.2 Å². The molecule has 0 aliphatic heterocycles. The maximum atomic E-state index is 12.5. The van der Waals surface area contributed by atoms with Crippen LogP contribution in [0.3, 0.4) is 0 Å². The number of furan rings is 1. The van der Waals surface area contributed by atoms with E-state index in [-0.39, 0.29) is 38.4 Å². The highest BCUT2D eigenvalue weighted by atomic mass is 35.5. The maximum absolute atomic E-state index is 12.5. The van der Waals surface area contributed by atoms with E-state index in [2.05, 4.69) is 5.32 Å². The normalized spacial score (nSPS) is 11.0. The first kappa shape index (κ1) is 23.5. The van der Waals surface area contributed by atoms with E-state index in [9.17, 15) is 30.3 Å². The number of hydrogen-bond acceptors (Lipinski definition) is 7. The number of nitro benzene ring substituents is 2. The Kier molecular flexibility index (Phi) is 6.77. The van der Waals surface area contributed by atoms with Gasteiger partial charge in [0.05, 0.1) is 25.6 Å². The summed E-state index contributed by atoms with van der Waals surface area (Å²) in [4.78, 5) is 33.1. The van der Waals surface area contributed by atoms with Crippen LogP contribution in [-0.2, 0) is 4.79 Å². The second kappa shape index (κ2) is 9.52. The third-order valence-electron chi connectivity index (χ3n) is 4.44. The molecule has 1 heterocycles. The Labute approximate surface area is 195 Å². The van der Waals surface area contributed by atoms with Crippen LogP contribution in [0.5, 0.6) is 0 Å². The summed E-state index contributed by atoms with van der Waals surface area (Å²) in [6.07, 6.45) is 1.19. The van der Waals surface area contributed by atoms with Crippen molar-refractivity contribution in [2.45, 2.75) is 6.92 Å². The standard InChI is InChI=1S/C21H12Cl2N4O6/c1-11-6-13(26(29)30)2-4-16(11)19-5-3-15(33-19)7-12(10-24)21(28)25-20-17(22)8-14(27(31)32)9-18(20)23/h2-9H,1H3,(H,25,28)/b12-7+. The van der Waals surface area contributed by atoms with Crippen LogP contribution in [0.4, 0.5) is 17.1 Å². The van der Waals surface area contributed by atoms with Crippen molar-refractivity contribution in [1.29, 1.82) is 5.26 Å². The summed E-state index contributed by atoms with van der Waals surface area (Å²) in [5, 5.41) is 33.2. The zero-order valence-electron chi connectivity index (χ0n) is 16.7. The minimum absolute atomic E-state index is 0.0603. The average molecular weight is 487 g/mol. The molecule has 0 fully saturated rings. The largest absolute Gasteiger partial charge is 0.457 e. The maximum Gasteiger partial charge on any atom is 0.272 e. The number of nitrogens with one attached hydrogen (secondary N) is 1. The molecule has 1 amide bonds. The number of hydrogen-bond donors (Lipinski definition) is 1. The van der Waals surface area contributed by atoms with Gasteiger partial charge in [-0.1, -0.05) is 23.2 Å². The average Bonchev–Trinajstić information content (AvgIpc) is 3.22. The Balaban J connectivity index is 1.86. The quantitative estimate of drug-likeness (QED) is 0.196. The number of nitriles is 1. The first-order valence-electron chi connectivity index (χ1n) is 9.02. The Morgan fingerprint density at radius 3 is 2.24 bits per heavy atom. The second-order valence-corrected chi connectivity index (χ2v) is 7.44. The van der Waals surface area contributed by atoms with Crippen LogP contribution >= 0.6 is 23.2 Å². The molecule has 3 aromatic rings. The predicted octanol–water partition coefficient (Wildman–Crippen LogP) is 5.92. The highest BCUT2D eigenvalue weighted by Gasteiger charge is 2.19. The van der Waals surface area contributed by atoms with E-state index in [1.807, 2.05) is 0 Å². The van der Waals surface area contributed by atoms with Gasteiger partial charge in [-0.3, -0.25) is 25.0 Å². The lowest BCUT2D eigenvalue weighted by Crippen LogP contribution is -2.14. The summed E-state index contributed by atoms with van der Waals surface area (Å²) in [6, 6.07) is 11.2. The Hall–Kier alpha value is -4.20. The minimum Gasteiger partial charge on any atom is -0.457 e. The molecule has 0 aliphatic carbocycles. The smallest absolute Gasteiger partial charge is 0.272 e. The molecule has 3 rings (SSSR count). The van der Waals surface area contributed by atoms with E-state index in [1.165, 1.54) is 30.3 Å². The number of carbonyl (C=O) groups excluding carboxylic acids is 1. The highest BCUT2D eigenvalue weighted by Crippen LogP contribution is 2.35. The number of nitro groups is 2. The zero-order chi connectivity index (χ0) is 24.3. The molecule has 0 saturated carbocycles. The summed E-state index contributed by atoms with van der Waals surface area (Å²) >= 11 is 12.0. The lowest BCUT2D eigenvalue weighted by atomic mass is 10.1. The molecule has 1 aromatic heterocycles. The fraction of sp³-hybridized carbons (Fsp3) is 0.0476. The van der Waals surface area contributed by atoms with E-state index in [1.54, 1.807) is 19.1 Å². The summed E-state index contributed by atoms with van der Waals surface area (Å²) in [7, 11) is 0. The zero-order valence-corrected chi connectivity index (χ0v) is 18.2. The van der Waals surface area contributed by atoms with Gasteiger partial charge in [0.15, 0.2) is 0 Å². The first-order valence-corrected chi connectivity index (χ1v) is 9.78. The molecular formula is C21H12Cl2N4O6. The van der Waals surface area contributed by atoms with Crippen LogP contribution in [0, 0.1) is 38.5 Å². The third kappa shape index (κ3) is 5.17. The number of amides is 1. The Morgan fingerprint density at radius 1 is 1.06 bits per heavy atom. The van der Waals surface area contributed by atoms with Crippen molar-refractivity contribution in [1.82, 2.24) is 0 Å². The van der Waals surface area contributed by atoms with E-state index in [0.717, 1.165) is 12.1 Å². The minimum atomic E-state index is -0.861. The topological polar surface area (TPSA) is 152 Å². The van der Waals surface area contributed by atoms with Gasteiger partial charge in [0, 0.05) is 35.9 Å². The van der Waals surface area contributed by atoms with E-state index in [4.69, 9.17) is 27.6 Å². The van der Waals surface area contributed by atoms with Crippen molar-refractivity contribution in [3.63, 3.8) is 0 Å². The lowest BCUT2D eigenvalue weighted by Gasteiger charge is -2.08. The first-order chi connectivity index (χ1) is 15.6. The summed E-state index contributed by atoms with van der Waals surface area (Å²) < 4.78 is 5.67. The number of anilines is 1. The summed E-state index contributed by atoms with van der Waals surface area (Å²) in [5.74, 6) is -0.303. The number of aryl methyl sites for hydroxylation is 1. The van der Waals surface area contributed by atoms with Crippen molar-refractivity contribution >= 4 is 52.2 Å². The fourth-order valence-corrected chi connectivity index (χ4v) is 3.44. The van der Waals surface area contributed by atoms with Crippen molar-refractivity contribution in [3.05, 3.63) is 89.6 Å². The summed E-state index contributed by atoms with van der Waals surface area (Å²) in [6.45, 7) is 1.69. The van der Waals surface area contributed by atoms with Crippen molar-refractivity contribution in [3.8, 4) is 17.4 Å². The molecule has 10 nitrogen and oxygen atoms in total. The van der Waals surface area contributed by atoms with Gasteiger partial charge in [-0.15, -0.1) is 0 Å². The van der Waals surface area contributed by atoms with E-state index in [0.29, 0.717) is 16.9 Å². The molecule has 12 heteroatoms. The second-order valence-electron chi connectivity index (χ2n) is 6.62. The van der Waals surface area contributed by atoms with Gasteiger partial charge in [-0.25, -0.2) is 0 Å². The molecule has 0 aliphatic rings. The number of rotatable bonds is 6. The monoisotopic (exact) mass is 486 g/mol. The number of nitrogens with zero attached hydrogens (tertiary/aromatic N) is 3. The van der Waals surface area contributed by atoms with Gasteiger partial charge in [0.2, 0.25) is 0 Å². The number of carbonyl (C=O) groups is 1. The number of halogens is 2. The lowest BCUT2D eigenvalue weighted by molar-refractivity contribution is -0.385. The molecular weight excluding hydrogens is 475 g/mol. The van der Waals surface area contributed by atoms with Gasteiger partial charge in [-0.05, 0) is 30.7 Å². The van der Waals surface area contributed by atoms with Gasteiger partial charge in [0.25, 0.3) is 17.3 Å².